The Morgan fingerprint density at radius 2 is 2.04 bits per heavy atom. The predicted molar refractivity (Wildman–Crippen MR) is 105 cm³/mol. The summed E-state index contributed by atoms with van der Waals surface area (Å²) in [6.07, 6.45) is 5.15. The molecule has 1 aliphatic rings. The highest BCUT2D eigenvalue weighted by atomic mass is 16.1. The number of hydrogen-bond donors (Lipinski definition) is 2. The number of hydrogen-bond acceptors (Lipinski definition) is 2. The molecule has 1 amide bonds. The largest absolute Gasteiger partial charge is 0.361 e. The minimum atomic E-state index is 0.0306. The zero-order valence-electron chi connectivity index (χ0n) is 14.9. The molecule has 0 bridgehead atoms. The number of carbonyl (C=O) groups excluding carboxylic acids is 1. The van der Waals surface area contributed by atoms with E-state index in [2.05, 4.69) is 45.5 Å². The summed E-state index contributed by atoms with van der Waals surface area (Å²) in [4.78, 5) is 18.3. The Hall–Kier alpha value is -2.59. The van der Waals surface area contributed by atoms with Crippen LogP contribution in [-0.4, -0.2) is 41.5 Å². The zero-order valence-corrected chi connectivity index (χ0v) is 14.9. The molecule has 4 rings (SSSR count). The predicted octanol–water partition coefficient (Wildman–Crippen LogP) is 3.60. The van der Waals surface area contributed by atoms with Crippen molar-refractivity contribution >= 4 is 16.8 Å². The van der Waals surface area contributed by atoms with Crippen LogP contribution in [-0.2, 0) is 6.42 Å². The SMILES string of the molecule is O=C(N[C@H]1CCCN(CCc2ccccc2)C1)c1ccc2[nH]ccc2c1. The Bertz CT molecular complexity index is 871. The number of amides is 1. The van der Waals surface area contributed by atoms with Crippen molar-refractivity contribution in [1.82, 2.24) is 15.2 Å². The van der Waals surface area contributed by atoms with Crippen LogP contribution in [0.1, 0.15) is 28.8 Å². The number of benzene rings is 2. The Labute approximate surface area is 154 Å². The second-order valence-electron chi connectivity index (χ2n) is 7.13. The van der Waals surface area contributed by atoms with Crippen LogP contribution >= 0.6 is 0 Å². The third kappa shape index (κ3) is 3.97. The van der Waals surface area contributed by atoms with Crippen LogP contribution in [0.3, 0.4) is 0 Å². The first kappa shape index (κ1) is 16.9. The van der Waals surface area contributed by atoms with Crippen molar-refractivity contribution in [2.45, 2.75) is 25.3 Å². The summed E-state index contributed by atoms with van der Waals surface area (Å²) < 4.78 is 0. The van der Waals surface area contributed by atoms with Crippen LogP contribution in [0.15, 0.2) is 60.8 Å². The van der Waals surface area contributed by atoms with Gasteiger partial charge in [-0.3, -0.25) is 4.79 Å². The molecule has 1 aliphatic heterocycles. The number of fused-ring (bicyclic) bond motifs is 1. The van der Waals surface area contributed by atoms with Gasteiger partial charge < -0.3 is 15.2 Å². The van der Waals surface area contributed by atoms with Crippen LogP contribution in [0, 0.1) is 0 Å². The molecule has 26 heavy (non-hydrogen) atoms. The van der Waals surface area contributed by atoms with Crippen molar-refractivity contribution in [3.8, 4) is 0 Å². The number of nitrogens with zero attached hydrogens (tertiary/aromatic N) is 1. The van der Waals surface area contributed by atoms with Gasteiger partial charge in [-0.2, -0.15) is 0 Å². The summed E-state index contributed by atoms with van der Waals surface area (Å²) in [7, 11) is 0. The highest BCUT2D eigenvalue weighted by molar-refractivity contribution is 5.98. The molecule has 2 aromatic carbocycles. The van der Waals surface area contributed by atoms with Crippen molar-refractivity contribution < 1.29 is 4.79 Å². The van der Waals surface area contributed by atoms with Gasteiger partial charge in [0.15, 0.2) is 0 Å². The number of H-pyrrole nitrogens is 1. The fraction of sp³-hybridized carbons (Fsp3) is 0.318. The lowest BCUT2D eigenvalue weighted by Gasteiger charge is -2.33. The van der Waals surface area contributed by atoms with Gasteiger partial charge in [-0.05, 0) is 55.6 Å². The van der Waals surface area contributed by atoms with Crippen molar-refractivity contribution in [3.05, 3.63) is 71.9 Å². The second kappa shape index (κ2) is 7.75. The Morgan fingerprint density at radius 1 is 1.15 bits per heavy atom. The lowest BCUT2D eigenvalue weighted by molar-refractivity contribution is 0.0904. The van der Waals surface area contributed by atoms with Crippen molar-refractivity contribution in [2.24, 2.45) is 0 Å². The van der Waals surface area contributed by atoms with Gasteiger partial charge in [-0.15, -0.1) is 0 Å². The molecule has 0 radical (unpaired) electrons. The third-order valence-corrected chi connectivity index (χ3v) is 5.22. The van der Waals surface area contributed by atoms with E-state index in [9.17, 15) is 4.79 Å². The van der Waals surface area contributed by atoms with Gasteiger partial charge in [-0.1, -0.05) is 30.3 Å². The van der Waals surface area contributed by atoms with Gasteiger partial charge in [0, 0.05) is 41.8 Å². The highest BCUT2D eigenvalue weighted by Crippen LogP contribution is 2.16. The molecule has 3 aromatic rings. The molecule has 0 aliphatic carbocycles. The van der Waals surface area contributed by atoms with Crippen LogP contribution in [0.5, 0.6) is 0 Å². The molecule has 0 saturated carbocycles. The highest BCUT2D eigenvalue weighted by Gasteiger charge is 2.21. The van der Waals surface area contributed by atoms with E-state index in [1.807, 2.05) is 30.5 Å². The van der Waals surface area contributed by atoms with Gasteiger partial charge in [0.25, 0.3) is 5.91 Å². The van der Waals surface area contributed by atoms with E-state index < -0.39 is 0 Å². The Balaban J connectivity index is 1.33. The zero-order chi connectivity index (χ0) is 17.8. The van der Waals surface area contributed by atoms with Gasteiger partial charge in [0.1, 0.15) is 0 Å². The molecule has 2 heterocycles. The minimum Gasteiger partial charge on any atom is -0.361 e. The molecule has 0 spiro atoms. The van der Waals surface area contributed by atoms with E-state index in [0.29, 0.717) is 0 Å². The Morgan fingerprint density at radius 3 is 2.92 bits per heavy atom. The molecule has 1 atom stereocenters. The van der Waals surface area contributed by atoms with Crippen LogP contribution in [0.25, 0.3) is 10.9 Å². The summed E-state index contributed by atoms with van der Waals surface area (Å²) in [5.41, 5.74) is 3.17. The molecule has 2 N–H and O–H groups in total. The van der Waals surface area contributed by atoms with Gasteiger partial charge in [0.2, 0.25) is 0 Å². The molecule has 1 fully saturated rings. The molecule has 4 heteroatoms. The molecular formula is C22H25N3O. The molecule has 0 unspecified atom stereocenters. The number of likely N-dealkylation sites (tertiary alicyclic amines) is 1. The van der Waals surface area contributed by atoms with Gasteiger partial charge in [-0.25, -0.2) is 0 Å². The fourth-order valence-corrected chi connectivity index (χ4v) is 3.77. The second-order valence-corrected chi connectivity index (χ2v) is 7.13. The topological polar surface area (TPSA) is 48.1 Å². The minimum absolute atomic E-state index is 0.0306. The number of carbonyl (C=O) groups is 1. The van der Waals surface area contributed by atoms with Gasteiger partial charge in [0.05, 0.1) is 0 Å². The molecule has 134 valence electrons. The molecule has 1 aromatic heterocycles. The number of aromatic amines is 1. The maximum Gasteiger partial charge on any atom is 0.251 e. The van der Waals surface area contributed by atoms with Crippen molar-refractivity contribution in [1.29, 1.82) is 0 Å². The van der Waals surface area contributed by atoms with E-state index in [1.165, 1.54) is 5.56 Å². The first-order valence-corrected chi connectivity index (χ1v) is 9.42. The maximum atomic E-state index is 12.6. The average Bonchev–Trinajstić information content (AvgIpc) is 3.15. The van der Waals surface area contributed by atoms with E-state index in [1.54, 1.807) is 0 Å². The maximum absolute atomic E-state index is 12.6. The van der Waals surface area contributed by atoms with Crippen LogP contribution in [0.2, 0.25) is 0 Å². The van der Waals surface area contributed by atoms with Crippen molar-refractivity contribution in [3.63, 3.8) is 0 Å². The monoisotopic (exact) mass is 347 g/mol. The first-order chi connectivity index (χ1) is 12.8. The molecular weight excluding hydrogens is 322 g/mol. The summed E-state index contributed by atoms with van der Waals surface area (Å²) >= 11 is 0. The number of rotatable bonds is 5. The summed E-state index contributed by atoms with van der Waals surface area (Å²) in [6.45, 7) is 3.10. The third-order valence-electron chi connectivity index (χ3n) is 5.22. The van der Waals surface area contributed by atoms with Crippen LogP contribution < -0.4 is 5.32 Å². The van der Waals surface area contributed by atoms with Crippen molar-refractivity contribution in [2.75, 3.05) is 19.6 Å². The van der Waals surface area contributed by atoms with E-state index in [4.69, 9.17) is 0 Å². The van der Waals surface area contributed by atoms with Gasteiger partial charge >= 0.3 is 0 Å². The van der Waals surface area contributed by atoms with E-state index in [-0.39, 0.29) is 11.9 Å². The van der Waals surface area contributed by atoms with E-state index >= 15 is 0 Å². The number of aromatic nitrogens is 1. The fourth-order valence-electron chi connectivity index (χ4n) is 3.77. The Kier molecular flexibility index (Phi) is 5.02. The average molecular weight is 347 g/mol. The smallest absolute Gasteiger partial charge is 0.251 e. The molecule has 4 nitrogen and oxygen atoms in total. The molecule has 1 saturated heterocycles. The first-order valence-electron chi connectivity index (χ1n) is 9.42. The normalized spacial score (nSPS) is 18.1. The van der Waals surface area contributed by atoms with E-state index in [0.717, 1.165) is 55.4 Å². The number of nitrogens with one attached hydrogen (secondary N) is 2. The summed E-state index contributed by atoms with van der Waals surface area (Å²) in [5, 5.41) is 4.30. The van der Waals surface area contributed by atoms with Crippen LogP contribution in [0.4, 0.5) is 0 Å². The summed E-state index contributed by atoms with van der Waals surface area (Å²) in [6, 6.07) is 18.7. The summed E-state index contributed by atoms with van der Waals surface area (Å²) in [5.74, 6) is 0.0306. The standard InChI is InChI=1S/C22H25N3O/c26-22(19-8-9-21-18(15-19)10-12-23-21)24-20-7-4-13-25(16-20)14-11-17-5-2-1-3-6-17/h1-3,5-6,8-10,12,15,20,23H,4,7,11,13-14,16H2,(H,24,26)/t20-/m0/s1. The lowest BCUT2D eigenvalue weighted by Crippen LogP contribution is -2.48. The lowest BCUT2D eigenvalue weighted by atomic mass is 10.0. The quantitative estimate of drug-likeness (QED) is 0.741. The number of piperidine rings is 1.